The Morgan fingerprint density at radius 2 is 2.00 bits per heavy atom. The molecule has 2 saturated heterocycles. The van der Waals surface area contributed by atoms with Gasteiger partial charge >= 0.3 is 0 Å². The summed E-state index contributed by atoms with van der Waals surface area (Å²) in [4.78, 5) is 15.1. The van der Waals surface area contributed by atoms with Crippen LogP contribution < -0.4 is 5.32 Å². The molecule has 4 rings (SSSR count). The molecule has 0 bridgehead atoms. The monoisotopic (exact) mass is 296 g/mol. The Balaban J connectivity index is 1.53. The summed E-state index contributed by atoms with van der Waals surface area (Å²) in [5, 5.41) is 3.19. The molecule has 2 aromatic rings. The fraction of sp³-hybridized carbons (Fsp3) is 0.389. The molecule has 0 aliphatic carbocycles. The lowest BCUT2D eigenvalue weighted by molar-refractivity contribution is 0.0902. The van der Waals surface area contributed by atoms with Crippen molar-refractivity contribution in [2.45, 2.75) is 31.3 Å². The molecule has 2 fully saturated rings. The maximum absolute atomic E-state index is 12.6. The summed E-state index contributed by atoms with van der Waals surface area (Å²) in [7, 11) is 0. The Labute approximate surface area is 130 Å². The summed E-state index contributed by atoms with van der Waals surface area (Å²) in [6, 6.07) is 12.5. The summed E-state index contributed by atoms with van der Waals surface area (Å²) in [6.07, 6.45) is 5.06. The maximum atomic E-state index is 12.6. The standard InChI is InChI=1S/C18H20N2O2/c21-18(19-15-8-11-20-10-4-7-16(15)20)17-14(9-12-22-17)13-5-2-1-3-6-13/h1-3,5-6,9,12,15-16H,4,7-8,10-11H2,(H,19,21)/t15-,16+/m0/s1. The second-order valence-corrected chi connectivity index (χ2v) is 6.14. The molecule has 0 radical (unpaired) electrons. The van der Waals surface area contributed by atoms with Gasteiger partial charge in [0, 0.05) is 24.2 Å². The van der Waals surface area contributed by atoms with Gasteiger partial charge in [-0.2, -0.15) is 0 Å². The fourth-order valence-electron chi connectivity index (χ4n) is 3.81. The molecule has 4 heteroatoms. The second kappa shape index (κ2) is 5.61. The zero-order valence-corrected chi connectivity index (χ0v) is 12.5. The Kier molecular flexibility index (Phi) is 3.47. The third kappa shape index (κ3) is 2.33. The average Bonchev–Trinajstić information content (AvgIpc) is 3.26. The van der Waals surface area contributed by atoms with Gasteiger partial charge in [0.25, 0.3) is 5.91 Å². The molecule has 1 N–H and O–H groups in total. The van der Waals surface area contributed by atoms with Crippen LogP contribution in [-0.4, -0.2) is 36.0 Å². The second-order valence-electron chi connectivity index (χ2n) is 6.14. The highest BCUT2D eigenvalue weighted by molar-refractivity contribution is 5.98. The van der Waals surface area contributed by atoms with Crippen molar-refractivity contribution in [1.29, 1.82) is 0 Å². The Bertz CT molecular complexity index is 665. The van der Waals surface area contributed by atoms with Crippen LogP contribution in [0, 0.1) is 0 Å². The zero-order valence-electron chi connectivity index (χ0n) is 12.5. The Morgan fingerprint density at radius 3 is 2.86 bits per heavy atom. The van der Waals surface area contributed by atoms with Gasteiger partial charge in [-0.3, -0.25) is 9.69 Å². The van der Waals surface area contributed by atoms with E-state index in [9.17, 15) is 4.79 Å². The molecule has 114 valence electrons. The lowest BCUT2D eigenvalue weighted by atomic mass is 10.0. The largest absolute Gasteiger partial charge is 0.459 e. The molecular weight excluding hydrogens is 276 g/mol. The van der Waals surface area contributed by atoms with Gasteiger partial charge in [-0.05, 0) is 37.4 Å². The lowest BCUT2D eigenvalue weighted by Gasteiger charge is -2.21. The molecular formula is C18H20N2O2. The first-order chi connectivity index (χ1) is 10.8. The predicted octanol–water partition coefficient (Wildman–Crippen LogP) is 2.91. The average molecular weight is 296 g/mol. The number of fused-ring (bicyclic) bond motifs is 1. The smallest absolute Gasteiger partial charge is 0.287 e. The van der Waals surface area contributed by atoms with E-state index in [-0.39, 0.29) is 11.9 Å². The third-order valence-electron chi connectivity index (χ3n) is 4.88. The summed E-state index contributed by atoms with van der Waals surface area (Å²) < 4.78 is 5.48. The van der Waals surface area contributed by atoms with Crippen molar-refractivity contribution in [3.63, 3.8) is 0 Å². The van der Waals surface area contributed by atoms with E-state index in [1.165, 1.54) is 19.4 Å². The molecule has 1 aromatic heterocycles. The van der Waals surface area contributed by atoms with Gasteiger partial charge in [-0.25, -0.2) is 0 Å². The van der Waals surface area contributed by atoms with Gasteiger partial charge in [0.2, 0.25) is 0 Å². The summed E-state index contributed by atoms with van der Waals surface area (Å²) in [6.45, 7) is 2.27. The van der Waals surface area contributed by atoms with Crippen LogP contribution in [0.5, 0.6) is 0 Å². The van der Waals surface area contributed by atoms with Crippen molar-refractivity contribution in [1.82, 2.24) is 10.2 Å². The van der Waals surface area contributed by atoms with Crippen LogP contribution in [-0.2, 0) is 0 Å². The molecule has 0 unspecified atom stereocenters. The topological polar surface area (TPSA) is 45.5 Å². The van der Waals surface area contributed by atoms with E-state index >= 15 is 0 Å². The molecule has 0 spiro atoms. The number of carbonyl (C=O) groups is 1. The number of nitrogens with one attached hydrogen (secondary N) is 1. The molecule has 22 heavy (non-hydrogen) atoms. The van der Waals surface area contributed by atoms with E-state index < -0.39 is 0 Å². The zero-order chi connectivity index (χ0) is 14.9. The number of hydrogen-bond donors (Lipinski definition) is 1. The first-order valence-electron chi connectivity index (χ1n) is 8.01. The van der Waals surface area contributed by atoms with Crippen LogP contribution >= 0.6 is 0 Å². The van der Waals surface area contributed by atoms with Gasteiger partial charge in [0.05, 0.1) is 6.26 Å². The van der Waals surface area contributed by atoms with E-state index in [1.54, 1.807) is 6.26 Å². The van der Waals surface area contributed by atoms with Gasteiger partial charge in [-0.15, -0.1) is 0 Å². The summed E-state index contributed by atoms with van der Waals surface area (Å²) in [5.74, 6) is 0.324. The minimum Gasteiger partial charge on any atom is -0.459 e. The number of rotatable bonds is 3. The van der Waals surface area contributed by atoms with Crippen LogP contribution in [0.15, 0.2) is 47.1 Å². The Hall–Kier alpha value is -2.07. The molecule has 3 heterocycles. The van der Waals surface area contributed by atoms with Crippen molar-refractivity contribution in [3.8, 4) is 11.1 Å². The van der Waals surface area contributed by atoms with E-state index in [0.29, 0.717) is 11.8 Å². The highest BCUT2D eigenvalue weighted by atomic mass is 16.3. The number of amides is 1. The van der Waals surface area contributed by atoms with Crippen LogP contribution in [0.4, 0.5) is 0 Å². The van der Waals surface area contributed by atoms with Crippen molar-refractivity contribution in [3.05, 3.63) is 48.4 Å². The molecule has 4 nitrogen and oxygen atoms in total. The molecule has 2 aliphatic rings. The first kappa shape index (κ1) is 13.6. The van der Waals surface area contributed by atoms with Crippen molar-refractivity contribution in [2.24, 2.45) is 0 Å². The number of nitrogens with zero attached hydrogens (tertiary/aromatic N) is 1. The highest BCUT2D eigenvalue weighted by Gasteiger charge is 2.38. The lowest BCUT2D eigenvalue weighted by Crippen LogP contribution is -2.42. The van der Waals surface area contributed by atoms with Gasteiger partial charge < -0.3 is 9.73 Å². The minimum absolute atomic E-state index is 0.0948. The maximum Gasteiger partial charge on any atom is 0.287 e. The van der Waals surface area contributed by atoms with E-state index in [2.05, 4.69) is 10.2 Å². The Morgan fingerprint density at radius 1 is 1.14 bits per heavy atom. The fourth-order valence-corrected chi connectivity index (χ4v) is 3.81. The SMILES string of the molecule is O=C(N[C@H]1CCN2CCC[C@H]12)c1occc1-c1ccccc1. The number of furan rings is 1. The van der Waals surface area contributed by atoms with Crippen molar-refractivity contribution < 1.29 is 9.21 Å². The van der Waals surface area contributed by atoms with Crippen LogP contribution in [0.1, 0.15) is 29.8 Å². The molecule has 2 aliphatic heterocycles. The number of benzene rings is 1. The minimum atomic E-state index is -0.0948. The highest BCUT2D eigenvalue weighted by Crippen LogP contribution is 2.29. The predicted molar refractivity (Wildman–Crippen MR) is 84.6 cm³/mol. The molecule has 2 atom stereocenters. The van der Waals surface area contributed by atoms with Crippen molar-refractivity contribution in [2.75, 3.05) is 13.1 Å². The van der Waals surface area contributed by atoms with Crippen LogP contribution in [0.25, 0.3) is 11.1 Å². The molecule has 1 amide bonds. The van der Waals surface area contributed by atoms with Gasteiger partial charge in [0.1, 0.15) is 0 Å². The van der Waals surface area contributed by atoms with Gasteiger partial charge in [-0.1, -0.05) is 30.3 Å². The summed E-state index contributed by atoms with van der Waals surface area (Å²) in [5.41, 5.74) is 1.87. The normalized spacial score (nSPS) is 24.4. The van der Waals surface area contributed by atoms with E-state index in [1.807, 2.05) is 36.4 Å². The molecule has 1 aromatic carbocycles. The van der Waals surface area contributed by atoms with Crippen LogP contribution in [0.3, 0.4) is 0 Å². The third-order valence-corrected chi connectivity index (χ3v) is 4.88. The number of hydrogen-bond acceptors (Lipinski definition) is 3. The summed E-state index contributed by atoms with van der Waals surface area (Å²) >= 11 is 0. The quantitative estimate of drug-likeness (QED) is 0.947. The van der Waals surface area contributed by atoms with Gasteiger partial charge in [0.15, 0.2) is 5.76 Å². The first-order valence-corrected chi connectivity index (χ1v) is 8.01. The van der Waals surface area contributed by atoms with Crippen molar-refractivity contribution >= 4 is 5.91 Å². The van der Waals surface area contributed by atoms with E-state index in [4.69, 9.17) is 4.42 Å². The molecule has 0 saturated carbocycles. The van der Waals surface area contributed by atoms with E-state index in [0.717, 1.165) is 24.1 Å². The van der Waals surface area contributed by atoms with Crippen LogP contribution in [0.2, 0.25) is 0 Å². The number of carbonyl (C=O) groups excluding carboxylic acids is 1.